The van der Waals surface area contributed by atoms with Gasteiger partial charge in [-0.25, -0.2) is 0 Å². The van der Waals surface area contributed by atoms with Crippen LogP contribution in [0.3, 0.4) is 0 Å². The molecule has 28 aromatic rings. The van der Waals surface area contributed by atoms with Crippen molar-refractivity contribution in [1.29, 1.82) is 0 Å². The molecule has 6 aromatic heterocycles. The summed E-state index contributed by atoms with van der Waals surface area (Å²) in [4.78, 5) is 0. The maximum atomic E-state index is 2.43. The first-order chi connectivity index (χ1) is 68.5. The molecule has 0 aliphatic heterocycles. The molecule has 0 aliphatic carbocycles. The molecule has 0 atom stereocenters. The van der Waals surface area contributed by atoms with Crippen molar-refractivity contribution >= 4 is 131 Å². The van der Waals surface area contributed by atoms with E-state index in [2.05, 4.69) is 561 Å². The number of aromatic nitrogens is 6. The topological polar surface area (TPSA) is 29.6 Å². The van der Waals surface area contributed by atoms with E-state index < -0.39 is 0 Å². The average molecular weight is 1760 g/mol. The van der Waals surface area contributed by atoms with Crippen molar-refractivity contribution in [2.75, 3.05) is 0 Å². The maximum Gasteiger partial charge on any atom is 0.0541 e. The van der Waals surface area contributed by atoms with Crippen LogP contribution < -0.4 is 0 Å². The molecule has 0 saturated carbocycles. The van der Waals surface area contributed by atoms with Gasteiger partial charge in [0.15, 0.2) is 0 Å². The Morgan fingerprint density at radius 3 is 0.522 bits per heavy atom. The minimum absolute atomic E-state index is 1.15. The second-order valence-corrected chi connectivity index (χ2v) is 35.8. The molecule has 0 saturated heterocycles. The number of fused-ring (bicyclic) bond motifs is 18. The van der Waals surface area contributed by atoms with E-state index in [0.29, 0.717) is 0 Å². The molecule has 0 unspecified atom stereocenters. The molecule has 0 fully saturated rings. The van der Waals surface area contributed by atoms with Gasteiger partial charge in [-0.2, -0.15) is 0 Å². The van der Waals surface area contributed by atoms with E-state index in [1.165, 1.54) is 237 Å². The van der Waals surface area contributed by atoms with E-state index in [-0.39, 0.29) is 0 Å². The molecule has 0 bridgehead atoms. The Labute approximate surface area is 798 Å². The van der Waals surface area contributed by atoms with Crippen molar-refractivity contribution in [1.82, 2.24) is 27.4 Å². The minimum Gasteiger partial charge on any atom is -0.309 e. The Balaban J connectivity index is 0.000000107. The van der Waals surface area contributed by atoms with Gasteiger partial charge >= 0.3 is 0 Å². The van der Waals surface area contributed by atoms with Crippen molar-refractivity contribution < 1.29 is 0 Å². The first kappa shape index (κ1) is 80.5. The summed E-state index contributed by atoms with van der Waals surface area (Å²) in [6, 6.07) is 193. The van der Waals surface area contributed by atoms with Crippen molar-refractivity contribution in [2.24, 2.45) is 0 Å². The number of nitrogens with zero attached hydrogens (tertiary/aromatic N) is 6. The predicted molar refractivity (Wildman–Crippen MR) is 583 cm³/mol. The Hall–Kier alpha value is -18.4. The van der Waals surface area contributed by atoms with Crippen molar-refractivity contribution in [3.8, 4) is 112 Å². The summed E-state index contributed by atoms with van der Waals surface area (Å²) < 4.78 is 14.3. The van der Waals surface area contributed by atoms with E-state index in [1.54, 1.807) is 0 Å². The summed E-state index contributed by atoms with van der Waals surface area (Å²) >= 11 is 0. The lowest BCUT2D eigenvalue weighted by Gasteiger charge is -2.14. The Morgan fingerprint density at radius 2 is 0.246 bits per heavy atom. The Morgan fingerprint density at radius 1 is 0.0797 bits per heavy atom. The van der Waals surface area contributed by atoms with Gasteiger partial charge in [0.25, 0.3) is 0 Å². The highest BCUT2D eigenvalue weighted by Gasteiger charge is 2.23. The van der Waals surface area contributed by atoms with Crippen molar-refractivity contribution in [3.05, 3.63) is 534 Å². The Bertz CT molecular complexity index is 9480. The van der Waals surface area contributed by atoms with Gasteiger partial charge in [0.2, 0.25) is 0 Å². The number of benzene rings is 22. The van der Waals surface area contributed by atoms with Crippen LogP contribution in [0.2, 0.25) is 0 Å². The maximum absolute atomic E-state index is 2.43. The van der Waals surface area contributed by atoms with E-state index >= 15 is 0 Å². The molecule has 6 heteroatoms. The summed E-state index contributed by atoms with van der Waals surface area (Å²) in [5, 5.41) is 15.1. The minimum atomic E-state index is 1.15. The first-order valence-corrected chi connectivity index (χ1v) is 47.4. The van der Waals surface area contributed by atoms with Crippen LogP contribution in [0.4, 0.5) is 0 Å². The fraction of sp³-hybridized carbons (Fsp3) is 0. The molecule has 138 heavy (non-hydrogen) atoms. The summed E-state index contributed by atoms with van der Waals surface area (Å²) in [7, 11) is 0. The van der Waals surface area contributed by atoms with Gasteiger partial charge in [-0.15, -0.1) is 0 Å². The summed E-state index contributed by atoms with van der Waals surface area (Å²) in [6.07, 6.45) is 0. The third-order valence-corrected chi connectivity index (χ3v) is 27.9. The second kappa shape index (κ2) is 34.0. The normalized spacial score (nSPS) is 11.6. The lowest BCUT2D eigenvalue weighted by molar-refractivity contribution is 1.18. The molecule has 0 N–H and O–H groups in total. The van der Waals surface area contributed by atoms with Gasteiger partial charge in [-0.3, -0.25) is 0 Å². The molecule has 28 rings (SSSR count). The summed E-state index contributed by atoms with van der Waals surface area (Å²) in [5.41, 5.74) is 38.6. The van der Waals surface area contributed by atoms with E-state index in [9.17, 15) is 0 Å². The standard InChI is InChI=1S/C48H32N2.2C42H28N2/c1-4-14-33(15-5-1)37-28-38(34-16-6-2-7-17-34)30-40(29-37)50-46-23-13-11-21-42(46)44-32-36(25-27-48(44)50)35-24-26-47-43(31-35)41-20-10-12-22-45(41)49(47)39-18-8-3-9-19-39;1-3-12-29(13-4-1)30-14-11-17-34(26-30)44-40-21-10-8-19-36(40)38-28-32(23-25-42(38)44)31-22-24-41-37(27-31)35-18-7-9-20-39(35)43(41)33-15-5-2-6-16-33;1-3-11-29(12-4-1)30-19-23-34(24-20-30)44-40-18-10-8-16-36(40)38-28-32(22-26-42(38)44)31-21-25-41-37(27-31)35-15-7-9-17-39(35)43(41)33-13-5-2-6-14-33/h1-32H;2*1-28H. The number of hydrogen-bond acceptors (Lipinski definition) is 0. The molecule has 0 spiro atoms. The Kier molecular flexibility index (Phi) is 19.9. The quantitative estimate of drug-likeness (QED) is 0.110. The number of hydrogen-bond donors (Lipinski definition) is 0. The van der Waals surface area contributed by atoms with Crippen LogP contribution in [-0.2, 0) is 0 Å². The smallest absolute Gasteiger partial charge is 0.0541 e. The second-order valence-electron chi connectivity index (χ2n) is 35.8. The highest BCUT2D eigenvalue weighted by molar-refractivity contribution is 6.17. The molecule has 6 heterocycles. The monoisotopic (exact) mass is 1760 g/mol. The van der Waals surface area contributed by atoms with Gasteiger partial charge in [0.05, 0.1) is 66.2 Å². The van der Waals surface area contributed by atoms with Crippen molar-refractivity contribution in [3.63, 3.8) is 0 Å². The van der Waals surface area contributed by atoms with Crippen molar-refractivity contribution in [2.45, 2.75) is 0 Å². The van der Waals surface area contributed by atoms with Gasteiger partial charge in [0, 0.05) is 98.8 Å². The molecular formula is C132H88N6. The van der Waals surface area contributed by atoms with Crippen LogP contribution in [0.25, 0.3) is 243 Å². The highest BCUT2D eigenvalue weighted by atomic mass is 15.0. The first-order valence-electron chi connectivity index (χ1n) is 47.4. The molecule has 6 nitrogen and oxygen atoms in total. The molecule has 0 radical (unpaired) electrons. The van der Waals surface area contributed by atoms with Gasteiger partial charge in [-0.05, 0) is 266 Å². The van der Waals surface area contributed by atoms with E-state index in [0.717, 1.165) is 5.69 Å². The van der Waals surface area contributed by atoms with Crippen LogP contribution in [0, 0.1) is 0 Å². The lowest BCUT2D eigenvalue weighted by Crippen LogP contribution is -1.96. The average Bonchev–Trinajstić information content (AvgIpc) is 1.59. The van der Waals surface area contributed by atoms with E-state index in [4.69, 9.17) is 0 Å². The van der Waals surface area contributed by atoms with Gasteiger partial charge < -0.3 is 27.4 Å². The highest BCUT2D eigenvalue weighted by Crippen LogP contribution is 2.46. The van der Waals surface area contributed by atoms with Crippen LogP contribution in [0.15, 0.2) is 534 Å². The number of para-hydroxylation sites is 9. The van der Waals surface area contributed by atoms with Crippen LogP contribution in [0.5, 0.6) is 0 Å². The molecule has 22 aromatic carbocycles. The molecule has 646 valence electrons. The third kappa shape index (κ3) is 14.0. The molecular weight excluding hydrogens is 1670 g/mol. The lowest BCUT2D eigenvalue weighted by atomic mass is 9.98. The number of rotatable bonds is 13. The van der Waals surface area contributed by atoms with Gasteiger partial charge in [-0.1, -0.05) is 346 Å². The van der Waals surface area contributed by atoms with Crippen LogP contribution in [-0.4, -0.2) is 27.4 Å². The summed E-state index contributed by atoms with van der Waals surface area (Å²) in [5.74, 6) is 0. The summed E-state index contributed by atoms with van der Waals surface area (Å²) in [6.45, 7) is 0. The van der Waals surface area contributed by atoms with Gasteiger partial charge in [0.1, 0.15) is 0 Å². The van der Waals surface area contributed by atoms with Crippen LogP contribution in [0.1, 0.15) is 0 Å². The zero-order valence-corrected chi connectivity index (χ0v) is 75.5. The van der Waals surface area contributed by atoms with Crippen LogP contribution >= 0.6 is 0 Å². The fourth-order valence-electron chi connectivity index (χ4n) is 21.5. The zero-order chi connectivity index (χ0) is 91.1. The largest absolute Gasteiger partial charge is 0.309 e. The third-order valence-electron chi connectivity index (χ3n) is 27.9. The zero-order valence-electron chi connectivity index (χ0n) is 75.5. The SMILES string of the molecule is c1ccc(-c2cc(-c3ccccc3)cc(-n3c4ccccc4c4cc(-c5ccc6c(c5)c5ccccc5n6-c5ccccc5)ccc43)c2)cc1.c1ccc(-c2ccc(-n3c4ccccc4c4cc(-c5ccc6c(c5)c5ccccc5n6-c5ccccc5)ccc43)cc2)cc1.c1ccc(-c2cccc(-n3c4ccccc4c4cc(-c5ccc6c(c5)c5ccccc5n6-c5ccccc5)ccc43)c2)cc1. The van der Waals surface area contributed by atoms with E-state index in [1.807, 2.05) is 0 Å². The predicted octanol–water partition coefficient (Wildman–Crippen LogP) is 35.3. The fourth-order valence-corrected chi connectivity index (χ4v) is 21.5. The molecule has 0 aliphatic rings. The molecule has 0 amide bonds.